The summed E-state index contributed by atoms with van der Waals surface area (Å²) in [6, 6.07) is 0. The Morgan fingerprint density at radius 1 is 1.62 bits per heavy atom. The summed E-state index contributed by atoms with van der Waals surface area (Å²) >= 11 is 0.759. The Balaban J connectivity index is 2.82. The lowest BCUT2D eigenvalue weighted by Crippen LogP contribution is -2.33. The molecule has 0 saturated carbocycles. The predicted molar refractivity (Wildman–Crippen MR) is 46.1 cm³/mol. The van der Waals surface area contributed by atoms with E-state index < -0.39 is 23.7 Å². The van der Waals surface area contributed by atoms with Gasteiger partial charge in [-0.3, -0.25) is 19.3 Å². The standard InChI is InChI=1S/C7H7NO4S/c1-2-4-6(11)8(3-5(9)10)7(12)13-4/h2H,3H2,1H3,(H,9,10)/b4-2-. The highest BCUT2D eigenvalue weighted by atomic mass is 32.2. The van der Waals surface area contributed by atoms with Gasteiger partial charge in [-0.2, -0.15) is 0 Å². The van der Waals surface area contributed by atoms with Crippen LogP contribution in [0.3, 0.4) is 0 Å². The number of allylic oxidation sites excluding steroid dienone is 1. The minimum absolute atomic E-state index is 0.284. The highest BCUT2D eigenvalue weighted by Crippen LogP contribution is 2.29. The molecule has 0 bridgehead atoms. The number of thioether (sulfide) groups is 1. The number of carbonyl (C=O) groups excluding carboxylic acids is 2. The van der Waals surface area contributed by atoms with E-state index in [1.165, 1.54) is 6.08 Å². The molecule has 1 saturated heterocycles. The van der Waals surface area contributed by atoms with E-state index in [9.17, 15) is 14.4 Å². The number of nitrogens with zero attached hydrogens (tertiary/aromatic N) is 1. The molecule has 2 amide bonds. The van der Waals surface area contributed by atoms with Gasteiger partial charge >= 0.3 is 5.97 Å². The summed E-state index contributed by atoms with van der Waals surface area (Å²) in [5.74, 6) is -1.72. The zero-order valence-corrected chi connectivity index (χ0v) is 7.63. The summed E-state index contributed by atoms with van der Waals surface area (Å²) in [6.45, 7) is 1.06. The molecule has 1 aliphatic heterocycles. The van der Waals surface area contributed by atoms with E-state index in [0.717, 1.165) is 11.8 Å². The van der Waals surface area contributed by atoms with Crippen LogP contribution in [0, 0.1) is 0 Å². The first-order chi connectivity index (χ1) is 6.06. The maximum Gasteiger partial charge on any atom is 0.323 e. The number of amides is 2. The Labute approximate surface area is 78.4 Å². The van der Waals surface area contributed by atoms with Crippen molar-refractivity contribution in [1.82, 2.24) is 4.90 Å². The van der Waals surface area contributed by atoms with E-state index in [1.807, 2.05) is 0 Å². The van der Waals surface area contributed by atoms with Crippen LogP contribution in [0.4, 0.5) is 4.79 Å². The fraction of sp³-hybridized carbons (Fsp3) is 0.286. The largest absolute Gasteiger partial charge is 0.480 e. The van der Waals surface area contributed by atoms with Gasteiger partial charge in [-0.1, -0.05) is 6.08 Å². The van der Waals surface area contributed by atoms with Crippen molar-refractivity contribution in [3.8, 4) is 0 Å². The van der Waals surface area contributed by atoms with E-state index in [1.54, 1.807) is 6.92 Å². The first-order valence-electron chi connectivity index (χ1n) is 3.48. The van der Waals surface area contributed by atoms with Gasteiger partial charge in [0.15, 0.2) is 0 Å². The molecule has 1 aliphatic rings. The number of hydrogen-bond donors (Lipinski definition) is 1. The van der Waals surface area contributed by atoms with Gasteiger partial charge < -0.3 is 5.11 Å². The molecule has 13 heavy (non-hydrogen) atoms. The van der Waals surface area contributed by atoms with Gasteiger partial charge in [-0.25, -0.2) is 0 Å². The quantitative estimate of drug-likeness (QED) is 0.664. The van der Waals surface area contributed by atoms with Crippen LogP contribution in [0.15, 0.2) is 11.0 Å². The van der Waals surface area contributed by atoms with Crippen LogP contribution < -0.4 is 0 Å². The zero-order valence-electron chi connectivity index (χ0n) is 6.81. The number of rotatable bonds is 2. The average molecular weight is 201 g/mol. The van der Waals surface area contributed by atoms with Crippen LogP contribution in [-0.2, 0) is 9.59 Å². The van der Waals surface area contributed by atoms with Crippen LogP contribution in [0.5, 0.6) is 0 Å². The number of aliphatic carboxylic acids is 1. The lowest BCUT2D eigenvalue weighted by Gasteiger charge is -2.07. The number of carboxylic acids is 1. The highest BCUT2D eigenvalue weighted by Gasteiger charge is 2.35. The lowest BCUT2D eigenvalue weighted by atomic mass is 10.4. The minimum atomic E-state index is -1.19. The average Bonchev–Trinajstić information content (AvgIpc) is 2.31. The van der Waals surface area contributed by atoms with E-state index in [4.69, 9.17) is 5.11 Å². The highest BCUT2D eigenvalue weighted by molar-refractivity contribution is 8.18. The Hall–Kier alpha value is -1.30. The predicted octanol–water partition coefficient (Wildman–Crippen LogP) is 0.670. The summed E-state index contributed by atoms with van der Waals surface area (Å²) in [7, 11) is 0. The number of carbonyl (C=O) groups is 3. The van der Waals surface area contributed by atoms with Crippen molar-refractivity contribution in [2.75, 3.05) is 6.54 Å². The maximum absolute atomic E-state index is 11.2. The number of hydrogen-bond acceptors (Lipinski definition) is 4. The number of carboxylic acid groups (broad SMARTS) is 1. The van der Waals surface area contributed by atoms with Crippen molar-refractivity contribution >= 4 is 28.9 Å². The third-order valence-corrected chi connectivity index (χ3v) is 2.45. The second-order valence-electron chi connectivity index (χ2n) is 2.31. The molecule has 70 valence electrons. The van der Waals surface area contributed by atoms with Gasteiger partial charge in [-0.15, -0.1) is 0 Å². The van der Waals surface area contributed by atoms with E-state index in [0.29, 0.717) is 4.90 Å². The van der Waals surface area contributed by atoms with Crippen molar-refractivity contribution < 1.29 is 19.5 Å². The molecular weight excluding hydrogens is 194 g/mol. The topological polar surface area (TPSA) is 74.7 Å². The molecular formula is C7H7NO4S. The molecule has 0 spiro atoms. The van der Waals surface area contributed by atoms with E-state index in [2.05, 4.69) is 0 Å². The molecule has 5 nitrogen and oxygen atoms in total. The monoisotopic (exact) mass is 201 g/mol. The van der Waals surface area contributed by atoms with Crippen LogP contribution in [-0.4, -0.2) is 33.7 Å². The van der Waals surface area contributed by atoms with Crippen LogP contribution >= 0.6 is 11.8 Å². The summed E-state index contributed by atoms with van der Waals surface area (Å²) in [4.78, 5) is 33.5. The third kappa shape index (κ3) is 1.89. The fourth-order valence-electron chi connectivity index (χ4n) is 0.863. The zero-order chi connectivity index (χ0) is 10.0. The van der Waals surface area contributed by atoms with Crippen molar-refractivity contribution in [3.63, 3.8) is 0 Å². The Kier molecular flexibility index (Phi) is 2.72. The molecule has 1 rings (SSSR count). The van der Waals surface area contributed by atoms with Gasteiger partial charge in [0.2, 0.25) is 0 Å². The van der Waals surface area contributed by atoms with Gasteiger partial charge in [0.05, 0.1) is 4.91 Å². The SMILES string of the molecule is C/C=C1\SC(=O)N(CC(=O)O)C1=O. The van der Waals surface area contributed by atoms with Gasteiger partial charge in [0.25, 0.3) is 11.1 Å². The number of imide groups is 1. The smallest absolute Gasteiger partial charge is 0.323 e. The molecule has 0 unspecified atom stereocenters. The molecule has 1 heterocycles. The fourth-order valence-corrected chi connectivity index (χ4v) is 1.62. The summed E-state index contributed by atoms with van der Waals surface area (Å²) < 4.78 is 0. The lowest BCUT2D eigenvalue weighted by molar-refractivity contribution is -0.140. The molecule has 0 aliphatic carbocycles. The summed E-state index contributed by atoms with van der Waals surface area (Å²) in [5, 5.41) is 7.87. The Morgan fingerprint density at radius 3 is 2.62 bits per heavy atom. The first-order valence-corrected chi connectivity index (χ1v) is 4.29. The third-order valence-electron chi connectivity index (χ3n) is 1.43. The summed E-state index contributed by atoms with van der Waals surface area (Å²) in [6.07, 6.45) is 1.49. The van der Waals surface area contributed by atoms with E-state index in [-0.39, 0.29) is 4.91 Å². The molecule has 1 fully saturated rings. The molecule has 6 heteroatoms. The molecule has 1 N–H and O–H groups in total. The summed E-state index contributed by atoms with van der Waals surface area (Å²) in [5.41, 5.74) is 0. The molecule has 0 radical (unpaired) electrons. The molecule has 0 aromatic heterocycles. The van der Waals surface area contributed by atoms with E-state index >= 15 is 0 Å². The Morgan fingerprint density at radius 2 is 2.23 bits per heavy atom. The van der Waals surface area contributed by atoms with Crippen molar-refractivity contribution in [1.29, 1.82) is 0 Å². The minimum Gasteiger partial charge on any atom is -0.480 e. The maximum atomic E-state index is 11.2. The Bertz CT molecular complexity index is 310. The van der Waals surface area contributed by atoms with Gasteiger partial charge in [0, 0.05) is 0 Å². The molecule has 0 aromatic rings. The van der Waals surface area contributed by atoms with Gasteiger partial charge in [-0.05, 0) is 18.7 Å². The van der Waals surface area contributed by atoms with Crippen LogP contribution in [0.2, 0.25) is 0 Å². The normalized spacial score (nSPS) is 20.1. The molecule has 0 atom stereocenters. The first kappa shape index (κ1) is 9.79. The molecule has 0 aromatic carbocycles. The van der Waals surface area contributed by atoms with Crippen LogP contribution in [0.25, 0.3) is 0 Å². The second kappa shape index (κ2) is 3.61. The van der Waals surface area contributed by atoms with Crippen molar-refractivity contribution in [3.05, 3.63) is 11.0 Å². The van der Waals surface area contributed by atoms with Crippen LogP contribution in [0.1, 0.15) is 6.92 Å². The second-order valence-corrected chi connectivity index (χ2v) is 3.30. The van der Waals surface area contributed by atoms with Gasteiger partial charge in [0.1, 0.15) is 6.54 Å². The van der Waals surface area contributed by atoms with Crippen molar-refractivity contribution in [2.45, 2.75) is 6.92 Å². The van der Waals surface area contributed by atoms with Crippen molar-refractivity contribution in [2.24, 2.45) is 0 Å².